The van der Waals surface area contributed by atoms with Gasteiger partial charge < -0.3 is 20.5 Å². The quantitative estimate of drug-likeness (QED) is 0.657. The highest BCUT2D eigenvalue weighted by Gasteiger charge is 2.26. The van der Waals surface area contributed by atoms with Crippen molar-refractivity contribution in [3.63, 3.8) is 0 Å². The molecule has 1 rings (SSSR count). The van der Waals surface area contributed by atoms with Crippen LogP contribution in [-0.2, 0) is 11.3 Å². The lowest BCUT2D eigenvalue weighted by Crippen LogP contribution is -2.51. The SMILES string of the molecule is CCCC(C)(N)C(=O)NCc1ccc(OCCC(C)C)c(OC)c1.Cl. The monoisotopic (exact) mass is 372 g/mol. The van der Waals surface area contributed by atoms with Crippen LogP contribution in [0.5, 0.6) is 11.5 Å². The molecule has 0 aliphatic rings. The van der Waals surface area contributed by atoms with Crippen molar-refractivity contribution in [1.29, 1.82) is 0 Å². The predicted molar refractivity (Wildman–Crippen MR) is 105 cm³/mol. The van der Waals surface area contributed by atoms with Gasteiger partial charge in [0, 0.05) is 6.54 Å². The Kier molecular flexibility index (Phi) is 10.6. The molecule has 1 unspecified atom stereocenters. The summed E-state index contributed by atoms with van der Waals surface area (Å²) in [6, 6.07) is 5.70. The molecule has 1 amide bonds. The second kappa shape index (κ2) is 11.2. The van der Waals surface area contributed by atoms with E-state index >= 15 is 0 Å². The first kappa shape index (κ1) is 23.5. The van der Waals surface area contributed by atoms with E-state index < -0.39 is 5.54 Å². The van der Waals surface area contributed by atoms with Crippen LogP contribution in [0.15, 0.2) is 18.2 Å². The lowest BCUT2D eigenvalue weighted by atomic mass is 9.96. The van der Waals surface area contributed by atoms with E-state index in [4.69, 9.17) is 15.2 Å². The minimum absolute atomic E-state index is 0. The fourth-order valence-corrected chi connectivity index (χ4v) is 2.36. The zero-order valence-corrected chi connectivity index (χ0v) is 16.9. The summed E-state index contributed by atoms with van der Waals surface area (Å²) < 4.78 is 11.2. The standard InChI is InChI=1S/C19H32N2O3.ClH/c1-6-10-19(4,20)18(22)21-13-15-7-8-16(17(12-15)23-5)24-11-9-14(2)3;/h7-8,12,14H,6,9-11,13,20H2,1-5H3,(H,21,22);1H. The highest BCUT2D eigenvalue weighted by Crippen LogP contribution is 2.28. The third-order valence-corrected chi connectivity index (χ3v) is 3.92. The van der Waals surface area contributed by atoms with Gasteiger partial charge in [-0.15, -0.1) is 12.4 Å². The van der Waals surface area contributed by atoms with Crippen LogP contribution in [-0.4, -0.2) is 25.2 Å². The molecule has 0 saturated carbocycles. The highest BCUT2D eigenvalue weighted by atomic mass is 35.5. The molecular formula is C19H33ClN2O3. The Hall–Kier alpha value is -1.46. The van der Waals surface area contributed by atoms with Crippen LogP contribution in [0, 0.1) is 5.92 Å². The normalized spacial score (nSPS) is 12.9. The van der Waals surface area contributed by atoms with Crippen molar-refractivity contribution in [2.75, 3.05) is 13.7 Å². The minimum Gasteiger partial charge on any atom is -0.493 e. The van der Waals surface area contributed by atoms with Gasteiger partial charge in [-0.2, -0.15) is 0 Å². The molecule has 0 aromatic heterocycles. The average molecular weight is 373 g/mol. The fraction of sp³-hybridized carbons (Fsp3) is 0.632. The summed E-state index contributed by atoms with van der Waals surface area (Å²) in [6.45, 7) is 9.18. The molecule has 0 saturated heterocycles. The van der Waals surface area contributed by atoms with Crippen molar-refractivity contribution in [2.24, 2.45) is 11.7 Å². The van der Waals surface area contributed by atoms with Crippen LogP contribution in [0.3, 0.4) is 0 Å². The van der Waals surface area contributed by atoms with E-state index in [1.807, 2.05) is 25.1 Å². The van der Waals surface area contributed by atoms with Crippen molar-refractivity contribution < 1.29 is 14.3 Å². The summed E-state index contributed by atoms with van der Waals surface area (Å²) >= 11 is 0. The number of hydrogen-bond acceptors (Lipinski definition) is 4. The number of nitrogens with one attached hydrogen (secondary N) is 1. The number of carbonyl (C=O) groups is 1. The Morgan fingerprint density at radius 1 is 1.32 bits per heavy atom. The largest absolute Gasteiger partial charge is 0.493 e. The molecule has 25 heavy (non-hydrogen) atoms. The van der Waals surface area contributed by atoms with Crippen LogP contribution >= 0.6 is 12.4 Å². The lowest BCUT2D eigenvalue weighted by Gasteiger charge is -2.23. The number of halogens is 1. The maximum atomic E-state index is 12.2. The van der Waals surface area contributed by atoms with E-state index in [2.05, 4.69) is 19.2 Å². The predicted octanol–water partition coefficient (Wildman–Crippen LogP) is 3.68. The number of amides is 1. The molecular weight excluding hydrogens is 340 g/mol. The van der Waals surface area contributed by atoms with E-state index in [1.54, 1.807) is 14.0 Å². The molecule has 0 heterocycles. The Bertz CT molecular complexity index is 533. The Morgan fingerprint density at radius 3 is 2.56 bits per heavy atom. The van der Waals surface area contributed by atoms with E-state index in [1.165, 1.54) is 0 Å². The number of nitrogens with two attached hydrogens (primary N) is 1. The summed E-state index contributed by atoms with van der Waals surface area (Å²) in [6.07, 6.45) is 2.52. The third kappa shape index (κ3) is 7.97. The van der Waals surface area contributed by atoms with Crippen LogP contribution in [0.1, 0.15) is 52.5 Å². The maximum Gasteiger partial charge on any atom is 0.240 e. The van der Waals surface area contributed by atoms with Gasteiger partial charge >= 0.3 is 0 Å². The van der Waals surface area contributed by atoms with Gasteiger partial charge in [0.15, 0.2) is 11.5 Å². The zero-order chi connectivity index (χ0) is 18.2. The van der Waals surface area contributed by atoms with Crippen molar-refractivity contribution in [1.82, 2.24) is 5.32 Å². The van der Waals surface area contributed by atoms with Crippen molar-refractivity contribution in [3.05, 3.63) is 23.8 Å². The van der Waals surface area contributed by atoms with Crippen molar-refractivity contribution in [3.8, 4) is 11.5 Å². The van der Waals surface area contributed by atoms with Gasteiger partial charge in [0.2, 0.25) is 5.91 Å². The van der Waals surface area contributed by atoms with Gasteiger partial charge in [-0.1, -0.05) is 33.3 Å². The molecule has 0 fully saturated rings. The van der Waals surface area contributed by atoms with Crippen molar-refractivity contribution in [2.45, 2.75) is 59.0 Å². The topological polar surface area (TPSA) is 73.6 Å². The second-order valence-corrected chi connectivity index (χ2v) is 6.87. The maximum absolute atomic E-state index is 12.2. The summed E-state index contributed by atoms with van der Waals surface area (Å²) in [5.74, 6) is 1.86. The minimum atomic E-state index is -0.835. The number of ether oxygens (including phenoxy) is 2. The molecule has 1 aromatic rings. The van der Waals surface area contributed by atoms with Gasteiger partial charge in [0.1, 0.15) is 0 Å². The fourth-order valence-electron chi connectivity index (χ4n) is 2.36. The Morgan fingerprint density at radius 2 is 2.00 bits per heavy atom. The summed E-state index contributed by atoms with van der Waals surface area (Å²) in [5, 5.41) is 2.89. The number of rotatable bonds is 10. The molecule has 0 aliphatic carbocycles. The molecule has 0 spiro atoms. The molecule has 1 aromatic carbocycles. The van der Waals surface area contributed by atoms with E-state index in [9.17, 15) is 4.79 Å². The van der Waals surface area contributed by atoms with Crippen molar-refractivity contribution >= 4 is 18.3 Å². The third-order valence-electron chi connectivity index (χ3n) is 3.92. The molecule has 3 N–H and O–H groups in total. The number of carbonyl (C=O) groups excluding carboxylic acids is 1. The number of benzene rings is 1. The van der Waals surface area contributed by atoms with Crippen LogP contribution < -0.4 is 20.5 Å². The first-order chi connectivity index (χ1) is 11.3. The molecule has 0 bridgehead atoms. The summed E-state index contributed by atoms with van der Waals surface area (Å²) in [5.41, 5.74) is 6.15. The average Bonchev–Trinajstić information content (AvgIpc) is 2.52. The van der Waals surface area contributed by atoms with E-state index in [0.29, 0.717) is 31.2 Å². The highest BCUT2D eigenvalue weighted by molar-refractivity contribution is 5.85. The zero-order valence-electron chi connectivity index (χ0n) is 16.1. The van der Waals surface area contributed by atoms with Crippen LogP contribution in [0.2, 0.25) is 0 Å². The first-order valence-electron chi connectivity index (χ1n) is 8.67. The molecule has 0 aliphatic heterocycles. The molecule has 5 nitrogen and oxygen atoms in total. The second-order valence-electron chi connectivity index (χ2n) is 6.87. The smallest absolute Gasteiger partial charge is 0.240 e. The number of hydrogen-bond donors (Lipinski definition) is 2. The lowest BCUT2D eigenvalue weighted by molar-refractivity contribution is -0.126. The first-order valence-corrected chi connectivity index (χ1v) is 8.67. The van der Waals surface area contributed by atoms with Gasteiger partial charge in [-0.05, 0) is 43.4 Å². The van der Waals surface area contributed by atoms with Gasteiger partial charge in [0.05, 0.1) is 19.3 Å². The van der Waals surface area contributed by atoms with Crippen LogP contribution in [0.25, 0.3) is 0 Å². The molecule has 0 radical (unpaired) electrons. The number of methoxy groups -OCH3 is 1. The summed E-state index contributed by atoms with van der Waals surface area (Å²) in [4.78, 5) is 12.2. The van der Waals surface area contributed by atoms with Gasteiger partial charge in [0.25, 0.3) is 0 Å². The van der Waals surface area contributed by atoms with Crippen LogP contribution in [0.4, 0.5) is 0 Å². The molecule has 6 heteroatoms. The van der Waals surface area contributed by atoms with Gasteiger partial charge in [-0.25, -0.2) is 0 Å². The Balaban J connectivity index is 0.00000576. The van der Waals surface area contributed by atoms with Gasteiger partial charge in [-0.3, -0.25) is 4.79 Å². The summed E-state index contributed by atoms with van der Waals surface area (Å²) in [7, 11) is 1.62. The molecule has 144 valence electrons. The Labute approximate surface area is 158 Å². The van der Waals surface area contributed by atoms with E-state index in [0.717, 1.165) is 24.2 Å². The van der Waals surface area contributed by atoms with E-state index in [-0.39, 0.29) is 18.3 Å². The molecule has 1 atom stereocenters.